The molecule has 0 atom stereocenters. The number of rotatable bonds is 2. The molecule has 2 N–H and O–H groups in total. The molecule has 0 spiro atoms. The van der Waals surface area contributed by atoms with Crippen LogP contribution < -0.4 is 10.9 Å². The predicted molar refractivity (Wildman–Crippen MR) is 105 cm³/mol. The summed E-state index contributed by atoms with van der Waals surface area (Å²) < 4.78 is 39.4. The van der Waals surface area contributed by atoms with Crippen LogP contribution in [0, 0.1) is 0 Å². The van der Waals surface area contributed by atoms with E-state index in [4.69, 9.17) is 0 Å². The average molecular weight is 411 g/mol. The minimum atomic E-state index is -4.55. The molecular formula is C21H16F3N5O. The van der Waals surface area contributed by atoms with Crippen molar-refractivity contribution < 1.29 is 13.2 Å². The Bertz CT molecular complexity index is 1310. The van der Waals surface area contributed by atoms with Crippen LogP contribution in [0.2, 0.25) is 0 Å². The molecular weight excluding hydrogens is 395 g/mol. The molecule has 0 saturated heterocycles. The Morgan fingerprint density at radius 3 is 2.63 bits per heavy atom. The smallest absolute Gasteiger partial charge is 0.358 e. The standard InChI is InChI=1S/C21H16F3N5O/c22-21(23,24)19-4-3-16(27-28-19)12-6-8-29(20(30)9-12)13-1-2-14-15-11-25-7-5-17(15)26-18(14)10-13/h1-4,6,8-10,25-26H,5,7,11H2. The highest BCUT2D eigenvalue weighted by molar-refractivity contribution is 5.86. The van der Waals surface area contributed by atoms with Crippen molar-refractivity contribution in [2.24, 2.45) is 0 Å². The van der Waals surface area contributed by atoms with Crippen molar-refractivity contribution in [3.8, 4) is 16.9 Å². The van der Waals surface area contributed by atoms with E-state index in [1.54, 1.807) is 12.3 Å². The molecule has 9 heteroatoms. The van der Waals surface area contributed by atoms with Gasteiger partial charge in [-0.1, -0.05) is 6.07 Å². The molecule has 1 aliphatic heterocycles. The molecule has 0 unspecified atom stereocenters. The molecule has 5 rings (SSSR count). The molecule has 152 valence electrons. The van der Waals surface area contributed by atoms with Gasteiger partial charge in [-0.05, 0) is 35.9 Å². The largest absolute Gasteiger partial charge is 0.435 e. The highest BCUT2D eigenvalue weighted by atomic mass is 19.4. The van der Waals surface area contributed by atoms with E-state index in [2.05, 4.69) is 20.5 Å². The molecule has 6 nitrogen and oxygen atoms in total. The van der Waals surface area contributed by atoms with E-state index in [9.17, 15) is 18.0 Å². The first-order chi connectivity index (χ1) is 14.4. The summed E-state index contributed by atoms with van der Waals surface area (Å²) in [6.07, 6.45) is -2.04. The van der Waals surface area contributed by atoms with E-state index < -0.39 is 11.9 Å². The molecule has 4 aromatic rings. The summed E-state index contributed by atoms with van der Waals surface area (Å²) in [6, 6.07) is 10.8. The van der Waals surface area contributed by atoms with Gasteiger partial charge in [0.1, 0.15) is 0 Å². The second-order valence-corrected chi connectivity index (χ2v) is 7.16. The topological polar surface area (TPSA) is 75.6 Å². The van der Waals surface area contributed by atoms with Gasteiger partial charge in [-0.25, -0.2) is 0 Å². The zero-order valence-corrected chi connectivity index (χ0v) is 15.6. The molecule has 0 saturated carbocycles. The van der Waals surface area contributed by atoms with Crippen LogP contribution in [0.25, 0.3) is 27.8 Å². The van der Waals surface area contributed by atoms with Gasteiger partial charge >= 0.3 is 6.18 Å². The third-order valence-electron chi connectivity index (χ3n) is 5.28. The van der Waals surface area contributed by atoms with Crippen LogP contribution >= 0.6 is 0 Å². The summed E-state index contributed by atoms with van der Waals surface area (Å²) in [4.78, 5) is 16.1. The highest BCUT2D eigenvalue weighted by Crippen LogP contribution is 2.28. The fourth-order valence-corrected chi connectivity index (χ4v) is 3.78. The van der Waals surface area contributed by atoms with Gasteiger partial charge in [-0.15, -0.1) is 10.2 Å². The normalized spacial score (nSPS) is 14.1. The third kappa shape index (κ3) is 3.17. The van der Waals surface area contributed by atoms with Crippen LogP contribution in [-0.4, -0.2) is 26.3 Å². The molecule has 0 radical (unpaired) electrons. The number of hydrogen-bond acceptors (Lipinski definition) is 4. The van der Waals surface area contributed by atoms with Gasteiger partial charge in [0.25, 0.3) is 5.56 Å². The van der Waals surface area contributed by atoms with Gasteiger partial charge in [0.15, 0.2) is 5.69 Å². The maximum absolute atomic E-state index is 12.7. The SMILES string of the molecule is O=c1cc(-c2ccc(C(F)(F)F)nn2)ccn1-c1ccc2c3c([nH]c2c1)CCNC3. The summed E-state index contributed by atoms with van der Waals surface area (Å²) in [6.45, 7) is 1.75. The van der Waals surface area contributed by atoms with Gasteiger partial charge in [-0.2, -0.15) is 13.2 Å². The third-order valence-corrected chi connectivity index (χ3v) is 5.28. The van der Waals surface area contributed by atoms with Gasteiger partial charge in [0.05, 0.1) is 11.4 Å². The van der Waals surface area contributed by atoms with Gasteiger partial charge in [0.2, 0.25) is 0 Å². The lowest BCUT2D eigenvalue weighted by Gasteiger charge is -2.12. The molecule has 3 aromatic heterocycles. The molecule has 0 fully saturated rings. The fourth-order valence-electron chi connectivity index (χ4n) is 3.78. The minimum Gasteiger partial charge on any atom is -0.358 e. The Morgan fingerprint density at radius 1 is 1.03 bits per heavy atom. The molecule has 4 heterocycles. The zero-order valence-electron chi connectivity index (χ0n) is 15.6. The fraction of sp³-hybridized carbons (Fsp3) is 0.190. The van der Waals surface area contributed by atoms with Crippen LogP contribution in [-0.2, 0) is 19.1 Å². The second-order valence-electron chi connectivity index (χ2n) is 7.16. The van der Waals surface area contributed by atoms with Crippen molar-refractivity contribution in [1.29, 1.82) is 0 Å². The summed E-state index contributed by atoms with van der Waals surface area (Å²) in [7, 11) is 0. The van der Waals surface area contributed by atoms with E-state index in [-0.39, 0.29) is 11.3 Å². The van der Waals surface area contributed by atoms with Crippen LogP contribution in [0.15, 0.2) is 53.5 Å². The first-order valence-corrected chi connectivity index (χ1v) is 9.39. The molecule has 0 aliphatic carbocycles. The lowest BCUT2D eigenvalue weighted by Crippen LogP contribution is -2.22. The van der Waals surface area contributed by atoms with Crippen molar-refractivity contribution in [3.05, 3.63) is 76.0 Å². The van der Waals surface area contributed by atoms with Gasteiger partial charge in [0, 0.05) is 53.9 Å². The Kier molecular flexibility index (Phi) is 4.21. The van der Waals surface area contributed by atoms with Gasteiger partial charge in [-0.3, -0.25) is 9.36 Å². The monoisotopic (exact) mass is 411 g/mol. The van der Waals surface area contributed by atoms with Crippen molar-refractivity contribution in [2.75, 3.05) is 6.54 Å². The van der Waals surface area contributed by atoms with E-state index in [1.165, 1.54) is 28.0 Å². The lowest BCUT2D eigenvalue weighted by molar-refractivity contribution is -0.141. The lowest BCUT2D eigenvalue weighted by atomic mass is 10.1. The molecule has 0 amide bonds. The summed E-state index contributed by atoms with van der Waals surface area (Å²) in [5, 5.41) is 11.3. The molecule has 0 bridgehead atoms. The number of H-pyrrole nitrogens is 1. The quantitative estimate of drug-likeness (QED) is 0.530. The maximum atomic E-state index is 12.7. The summed E-state index contributed by atoms with van der Waals surface area (Å²) in [5.41, 5.74) is 3.35. The van der Waals surface area contributed by atoms with Gasteiger partial charge < -0.3 is 10.3 Å². The number of aromatic nitrogens is 4. The second kappa shape index (κ2) is 6.81. The van der Waals surface area contributed by atoms with E-state index in [0.717, 1.165) is 36.5 Å². The van der Waals surface area contributed by atoms with Crippen molar-refractivity contribution in [3.63, 3.8) is 0 Å². The first-order valence-electron chi connectivity index (χ1n) is 9.39. The Labute approximate surface area is 168 Å². The number of nitrogens with zero attached hydrogens (tertiary/aromatic N) is 3. The summed E-state index contributed by atoms with van der Waals surface area (Å²) >= 11 is 0. The predicted octanol–water partition coefficient (Wildman–Crippen LogP) is 3.44. The number of nitrogens with one attached hydrogen (secondary N) is 2. The van der Waals surface area contributed by atoms with Crippen LogP contribution in [0.3, 0.4) is 0 Å². The first kappa shape index (κ1) is 18.6. The average Bonchev–Trinajstić information content (AvgIpc) is 3.11. The van der Waals surface area contributed by atoms with Crippen molar-refractivity contribution in [2.45, 2.75) is 19.1 Å². The van der Waals surface area contributed by atoms with Crippen LogP contribution in [0.5, 0.6) is 0 Å². The zero-order chi connectivity index (χ0) is 20.9. The van der Waals surface area contributed by atoms with E-state index in [0.29, 0.717) is 11.3 Å². The summed E-state index contributed by atoms with van der Waals surface area (Å²) in [5.74, 6) is 0. The number of pyridine rings is 1. The van der Waals surface area contributed by atoms with E-state index in [1.807, 2.05) is 18.2 Å². The number of fused-ring (bicyclic) bond motifs is 3. The van der Waals surface area contributed by atoms with E-state index >= 15 is 0 Å². The Balaban J connectivity index is 1.50. The van der Waals surface area contributed by atoms with Crippen LogP contribution in [0.4, 0.5) is 13.2 Å². The van der Waals surface area contributed by atoms with Crippen molar-refractivity contribution in [1.82, 2.24) is 25.1 Å². The number of alkyl halides is 3. The number of hydrogen-bond donors (Lipinski definition) is 2. The number of aromatic amines is 1. The highest BCUT2D eigenvalue weighted by Gasteiger charge is 2.32. The minimum absolute atomic E-state index is 0.201. The number of halogens is 3. The van der Waals surface area contributed by atoms with Crippen LogP contribution in [0.1, 0.15) is 17.0 Å². The number of benzene rings is 1. The molecule has 1 aliphatic rings. The Hall–Kier alpha value is -3.46. The Morgan fingerprint density at radius 2 is 1.90 bits per heavy atom. The molecule has 1 aromatic carbocycles. The van der Waals surface area contributed by atoms with Crippen molar-refractivity contribution >= 4 is 10.9 Å². The molecule has 30 heavy (non-hydrogen) atoms. The maximum Gasteiger partial charge on any atom is 0.435 e.